The predicted molar refractivity (Wildman–Crippen MR) is 431 cm³/mol. The van der Waals surface area contributed by atoms with Crippen molar-refractivity contribution in [3.05, 3.63) is 108 Å². The Balaban J connectivity index is 1.43. The van der Waals surface area contributed by atoms with Gasteiger partial charge in [0.1, 0.15) is 60.4 Å². The highest BCUT2D eigenvalue weighted by atomic mass is 16.2. The van der Waals surface area contributed by atoms with Gasteiger partial charge < -0.3 is 120 Å². The molecule has 0 aliphatic heterocycles. The maximum absolute atomic E-state index is 15.0. The summed E-state index contributed by atoms with van der Waals surface area (Å²) >= 11 is 0. The standard InChI is InChI=1S/C77H118N24O13/c1-3-4-24-54(68(107)94-56(29-14-17-36-80)71(110)100-61(41-48-44-91-52-26-11-9-23-50(48)52)74(113)96-55(28-13-16-35-79)67(106)92-53(65(83)104)27-12-15-34-78)93-69(108)57(30-18-37-88-76(84)85)95-70(109)58(31-19-38-89-77(86)87)97-75(114)62(42-64(82)103)101-72(111)59(32-33-63(81)102)98-73(112)60(40-46-20-6-5-7-21-46)99-66(105)45(2)39-47-43-90-51-25-10-8-22-49(47)51/h5-11,20-23,25-26,43-45,53-62,90-91H,3-4,12-19,24,27-42,78-80H2,1-2H3,(H2,81,102)(H2,82,103)(H2,83,104)(H,92,106)(H,93,108)(H,94,107)(H,95,109)(H,96,113)(H,97,114)(H,98,112)(H,99,105)(H,100,110)(H,101,111)(H4,84,85,88)(H4,86,87,89)/t45-,53-,54-,55-,56-,57-,58-,59-,60-,61-,62-/m1/s1. The zero-order chi connectivity index (χ0) is 83.7. The number of amides is 13. The van der Waals surface area contributed by atoms with Crippen molar-refractivity contribution in [1.82, 2.24) is 73.8 Å². The number of guanidine groups is 2. The Bertz CT molecular complexity index is 4020. The SMILES string of the molecule is CCCC[C@@H](NC(=O)[C@@H](CCCNC(=N)N)NC(=O)[C@@H](CCCNC(=N)N)NC(=O)[C@@H](CC(N)=O)NC(=O)[C@@H](CCC(N)=O)NC(=O)[C@@H](Cc1ccccc1)NC(=O)[C@H](C)Cc1c[nH]c2ccccc12)C(=O)N[C@H](CCCCN)C(=O)N[C@H](Cc1c[nH]c2ccccc12)C(=O)N[C@H](CCCCN)C(=O)N[C@H](CCCCN)C(N)=O. The molecular formula is C77H118N24O13. The molecule has 13 amide bonds. The van der Waals surface area contributed by atoms with Gasteiger partial charge in [0.2, 0.25) is 76.8 Å². The number of para-hydroxylation sites is 2. The lowest BCUT2D eigenvalue weighted by Crippen LogP contribution is -2.61. The smallest absolute Gasteiger partial charge is 0.243 e. The van der Waals surface area contributed by atoms with Crippen molar-refractivity contribution < 1.29 is 62.3 Å². The summed E-state index contributed by atoms with van der Waals surface area (Å²) in [5, 5.41) is 49.2. The van der Waals surface area contributed by atoms with Crippen LogP contribution in [-0.2, 0) is 81.6 Å². The molecule has 624 valence electrons. The quantitative estimate of drug-likeness (QED) is 0.0113. The molecule has 0 saturated heterocycles. The van der Waals surface area contributed by atoms with E-state index in [9.17, 15) is 62.3 Å². The zero-order valence-corrected chi connectivity index (χ0v) is 65.0. The summed E-state index contributed by atoms with van der Waals surface area (Å²) in [5.74, 6) is -13.1. The fourth-order valence-electron chi connectivity index (χ4n) is 12.8. The number of fused-ring (bicyclic) bond motifs is 2. The number of hydrogen-bond donors (Lipinski definition) is 24. The third-order valence-electron chi connectivity index (χ3n) is 19.1. The molecule has 0 saturated carbocycles. The lowest BCUT2D eigenvalue weighted by molar-refractivity contribution is -0.137. The predicted octanol–water partition coefficient (Wildman–Crippen LogP) is -2.11. The van der Waals surface area contributed by atoms with Gasteiger partial charge in [-0.3, -0.25) is 73.1 Å². The number of carbonyl (C=O) groups excluding carboxylic acids is 13. The number of aromatic amines is 2. The number of nitrogens with two attached hydrogens (primary N) is 8. The molecule has 2 heterocycles. The van der Waals surface area contributed by atoms with Crippen LogP contribution in [0.4, 0.5) is 0 Å². The van der Waals surface area contributed by atoms with Crippen molar-refractivity contribution in [1.29, 1.82) is 10.8 Å². The van der Waals surface area contributed by atoms with Gasteiger partial charge in [-0.1, -0.05) is 93.4 Å². The lowest BCUT2D eigenvalue weighted by atomic mass is 9.98. The van der Waals surface area contributed by atoms with E-state index in [1.807, 2.05) is 49.4 Å². The Morgan fingerprint density at radius 3 is 1.10 bits per heavy atom. The summed E-state index contributed by atoms with van der Waals surface area (Å²) in [4.78, 5) is 190. The van der Waals surface area contributed by atoms with Crippen LogP contribution in [0.25, 0.3) is 21.8 Å². The molecular weight excluding hydrogens is 1470 g/mol. The van der Waals surface area contributed by atoms with Crippen molar-refractivity contribution in [2.45, 2.75) is 216 Å². The van der Waals surface area contributed by atoms with Crippen LogP contribution in [0.5, 0.6) is 0 Å². The number of nitrogens with one attached hydrogen (secondary N) is 16. The average molecular weight is 1590 g/mol. The molecule has 0 unspecified atom stereocenters. The molecule has 0 aliphatic rings. The second-order valence-electron chi connectivity index (χ2n) is 28.4. The molecule has 114 heavy (non-hydrogen) atoms. The summed E-state index contributed by atoms with van der Waals surface area (Å²) in [6.07, 6.45) is 5.00. The number of primary amides is 3. The Kier molecular flexibility index (Phi) is 40.4. The van der Waals surface area contributed by atoms with Crippen molar-refractivity contribution in [2.24, 2.45) is 51.8 Å². The largest absolute Gasteiger partial charge is 0.370 e. The van der Waals surface area contributed by atoms with Crippen LogP contribution in [0.3, 0.4) is 0 Å². The molecule has 32 N–H and O–H groups in total. The fraction of sp³-hybridized carbons (Fsp3) is 0.519. The highest BCUT2D eigenvalue weighted by Crippen LogP contribution is 2.23. The first-order valence-corrected chi connectivity index (χ1v) is 38.9. The van der Waals surface area contributed by atoms with Crippen molar-refractivity contribution in [3.8, 4) is 0 Å². The molecule has 37 heteroatoms. The van der Waals surface area contributed by atoms with Crippen molar-refractivity contribution in [2.75, 3.05) is 32.7 Å². The maximum atomic E-state index is 15.0. The number of carbonyl (C=O) groups is 13. The Labute approximate surface area is 662 Å². The fourth-order valence-corrected chi connectivity index (χ4v) is 12.8. The topological polar surface area (TPSA) is 654 Å². The molecule has 5 aromatic rings. The van der Waals surface area contributed by atoms with Crippen LogP contribution in [0, 0.1) is 16.7 Å². The van der Waals surface area contributed by atoms with Crippen molar-refractivity contribution >= 4 is 111 Å². The molecule has 11 atom stereocenters. The summed E-state index contributed by atoms with van der Waals surface area (Å²) in [6, 6.07) is 8.91. The van der Waals surface area contributed by atoms with Crippen LogP contribution in [0.1, 0.15) is 153 Å². The van der Waals surface area contributed by atoms with E-state index in [0.29, 0.717) is 69.0 Å². The van der Waals surface area contributed by atoms with Crippen LogP contribution < -0.4 is 110 Å². The van der Waals surface area contributed by atoms with E-state index in [0.717, 1.165) is 27.4 Å². The third-order valence-corrected chi connectivity index (χ3v) is 19.1. The number of unbranched alkanes of at least 4 members (excludes halogenated alkanes) is 4. The summed E-state index contributed by atoms with van der Waals surface area (Å²) in [6.45, 7) is 4.31. The Hall–Kier alpha value is -11.7. The average Bonchev–Trinajstić information content (AvgIpc) is 1.65. The van der Waals surface area contributed by atoms with Gasteiger partial charge in [-0.15, -0.1) is 0 Å². The minimum Gasteiger partial charge on any atom is -0.370 e. The molecule has 2 aromatic heterocycles. The maximum Gasteiger partial charge on any atom is 0.243 e. The van der Waals surface area contributed by atoms with E-state index in [2.05, 4.69) is 73.8 Å². The third kappa shape index (κ3) is 32.5. The van der Waals surface area contributed by atoms with Crippen LogP contribution in [-0.4, -0.2) is 192 Å². The summed E-state index contributed by atoms with van der Waals surface area (Å²) < 4.78 is 0. The second-order valence-corrected chi connectivity index (χ2v) is 28.4. The van der Waals surface area contributed by atoms with Gasteiger partial charge in [-0.2, -0.15) is 0 Å². The molecule has 0 fully saturated rings. The van der Waals surface area contributed by atoms with Crippen LogP contribution >= 0.6 is 0 Å². The van der Waals surface area contributed by atoms with Crippen LogP contribution in [0.15, 0.2) is 91.3 Å². The first-order chi connectivity index (χ1) is 54.5. The Morgan fingerprint density at radius 1 is 0.360 bits per heavy atom. The normalized spacial score (nSPS) is 14.0. The van der Waals surface area contributed by atoms with E-state index in [4.69, 9.17) is 56.7 Å². The van der Waals surface area contributed by atoms with Gasteiger partial charge in [-0.05, 0) is 151 Å². The minimum absolute atomic E-state index is 0.00145. The molecule has 0 spiro atoms. The summed E-state index contributed by atoms with van der Waals surface area (Å²) in [5.41, 5.74) is 49.2. The van der Waals surface area contributed by atoms with Gasteiger partial charge in [-0.25, -0.2) is 0 Å². The van der Waals surface area contributed by atoms with E-state index < -0.39 is 174 Å². The Morgan fingerprint density at radius 2 is 0.693 bits per heavy atom. The van der Waals surface area contributed by atoms with Gasteiger partial charge in [0.05, 0.1) is 6.42 Å². The van der Waals surface area contributed by atoms with E-state index in [1.165, 1.54) is 0 Å². The van der Waals surface area contributed by atoms with E-state index in [-0.39, 0.29) is 96.8 Å². The number of benzene rings is 3. The monoisotopic (exact) mass is 1590 g/mol. The van der Waals surface area contributed by atoms with E-state index in [1.54, 1.807) is 55.7 Å². The van der Waals surface area contributed by atoms with Crippen molar-refractivity contribution in [3.63, 3.8) is 0 Å². The molecule has 37 nitrogen and oxygen atoms in total. The van der Waals surface area contributed by atoms with Gasteiger partial charge in [0.25, 0.3) is 0 Å². The minimum atomic E-state index is -1.89. The van der Waals surface area contributed by atoms with Crippen LogP contribution in [0.2, 0.25) is 0 Å². The molecule has 0 radical (unpaired) electrons. The number of rotatable bonds is 55. The van der Waals surface area contributed by atoms with Gasteiger partial charge >= 0.3 is 0 Å². The number of aromatic nitrogens is 2. The molecule has 5 rings (SSSR count). The highest BCUT2D eigenvalue weighted by Gasteiger charge is 2.37. The molecule has 0 bridgehead atoms. The number of hydrogen-bond acceptors (Lipinski definition) is 18. The lowest BCUT2D eigenvalue weighted by Gasteiger charge is -2.28. The first kappa shape index (κ1) is 92.9. The summed E-state index contributed by atoms with van der Waals surface area (Å²) in [7, 11) is 0. The van der Waals surface area contributed by atoms with Gasteiger partial charge in [0.15, 0.2) is 11.9 Å². The van der Waals surface area contributed by atoms with E-state index >= 15 is 0 Å². The highest BCUT2D eigenvalue weighted by molar-refractivity contribution is 6.00. The first-order valence-electron chi connectivity index (χ1n) is 38.9. The molecule has 0 aliphatic carbocycles. The molecule has 3 aromatic carbocycles. The van der Waals surface area contributed by atoms with Gasteiger partial charge in [0, 0.05) is 72.5 Å². The number of H-pyrrole nitrogens is 2. The second kappa shape index (κ2) is 49.6. The zero-order valence-electron chi connectivity index (χ0n) is 65.0.